The molecule has 0 atom stereocenters. The van der Waals surface area contributed by atoms with Gasteiger partial charge in [-0.1, -0.05) is 32.9 Å². The number of rotatable bonds is 5. The number of ether oxygens (including phenoxy) is 1. The van der Waals surface area contributed by atoms with Gasteiger partial charge >= 0.3 is 5.97 Å². The number of hydrogen-bond donors (Lipinski definition) is 1. The summed E-state index contributed by atoms with van der Waals surface area (Å²) in [6.07, 6.45) is 1.33. The van der Waals surface area contributed by atoms with E-state index in [0.717, 1.165) is 5.39 Å². The highest BCUT2D eigenvalue weighted by Crippen LogP contribution is 2.23. The molecule has 0 aliphatic carbocycles. The van der Waals surface area contributed by atoms with Gasteiger partial charge in [0.25, 0.3) is 0 Å². The Morgan fingerprint density at radius 1 is 1.23 bits per heavy atom. The molecule has 0 bridgehead atoms. The van der Waals surface area contributed by atoms with Crippen molar-refractivity contribution in [2.75, 3.05) is 26.7 Å². The average molecular weight is 304 g/mol. The molecule has 0 radical (unpaired) electrons. The number of carbonyl (C=O) groups is 1. The fourth-order valence-electron chi connectivity index (χ4n) is 2.09. The van der Waals surface area contributed by atoms with E-state index in [1.807, 2.05) is 0 Å². The fourth-order valence-corrected chi connectivity index (χ4v) is 2.09. The zero-order valence-corrected chi connectivity index (χ0v) is 13.7. The van der Waals surface area contributed by atoms with E-state index in [-0.39, 0.29) is 5.56 Å². The van der Waals surface area contributed by atoms with Crippen molar-refractivity contribution in [2.24, 2.45) is 0 Å². The molecular weight excluding hydrogens is 280 g/mol. The van der Waals surface area contributed by atoms with E-state index < -0.39 is 5.97 Å². The van der Waals surface area contributed by atoms with Crippen molar-refractivity contribution in [1.82, 2.24) is 9.88 Å². The van der Waals surface area contributed by atoms with Gasteiger partial charge in [-0.05, 0) is 31.8 Å². The molecule has 0 aliphatic heterocycles. The van der Waals surface area contributed by atoms with Crippen molar-refractivity contribution >= 4 is 16.9 Å². The minimum atomic E-state index is -0.979. The molecule has 0 fully saturated rings. The largest absolute Gasteiger partial charge is 0.494 e. The van der Waals surface area contributed by atoms with E-state index in [2.05, 4.69) is 30.7 Å². The van der Waals surface area contributed by atoms with E-state index in [0.29, 0.717) is 11.3 Å². The molecular formula is C17H24N2O3. The molecule has 5 nitrogen and oxygen atoms in total. The lowest BCUT2D eigenvalue weighted by Gasteiger charge is -2.13. The molecule has 2 rings (SSSR count). The summed E-state index contributed by atoms with van der Waals surface area (Å²) in [6, 6.07) is 6.97. The Labute approximate surface area is 131 Å². The Bertz CT molecular complexity index is 604. The number of aromatic carboxylic acids is 1. The van der Waals surface area contributed by atoms with Gasteiger partial charge in [0.05, 0.1) is 12.7 Å². The summed E-state index contributed by atoms with van der Waals surface area (Å²) in [5, 5.41) is 9.56. The summed E-state index contributed by atoms with van der Waals surface area (Å²) in [5.41, 5.74) is 0.848. The van der Waals surface area contributed by atoms with Gasteiger partial charge in [0.1, 0.15) is 11.3 Å². The standard InChI is InChI=1S/C11H9NO3.C6H15N/c1-15-9-4-2-3-7-5-8(11(13)14)6-12-10(7)9;1-4-7(5-2)6-3/h2-6H,1H3,(H,13,14);4-6H2,1-3H3. The van der Waals surface area contributed by atoms with Crippen LogP contribution in [0.2, 0.25) is 0 Å². The molecule has 2 aromatic rings. The van der Waals surface area contributed by atoms with Gasteiger partial charge in [-0.25, -0.2) is 4.79 Å². The van der Waals surface area contributed by atoms with Gasteiger partial charge in [0, 0.05) is 11.6 Å². The van der Waals surface area contributed by atoms with Gasteiger partial charge in [-0.15, -0.1) is 0 Å². The van der Waals surface area contributed by atoms with Crippen LogP contribution in [-0.4, -0.2) is 47.7 Å². The third-order valence-corrected chi connectivity index (χ3v) is 3.48. The molecule has 0 saturated carbocycles. The second kappa shape index (κ2) is 9.00. The zero-order chi connectivity index (χ0) is 16.5. The Hall–Kier alpha value is -2.14. The quantitative estimate of drug-likeness (QED) is 0.918. The first-order chi connectivity index (χ1) is 10.6. The molecule has 0 unspecified atom stereocenters. The minimum absolute atomic E-state index is 0.177. The molecule has 0 saturated heterocycles. The lowest BCUT2D eigenvalue weighted by molar-refractivity contribution is 0.0696. The maximum atomic E-state index is 10.7. The van der Waals surface area contributed by atoms with Crippen LogP contribution in [-0.2, 0) is 0 Å². The van der Waals surface area contributed by atoms with E-state index >= 15 is 0 Å². The van der Waals surface area contributed by atoms with Gasteiger partial charge in [0.15, 0.2) is 0 Å². The van der Waals surface area contributed by atoms with Crippen LogP contribution >= 0.6 is 0 Å². The number of fused-ring (bicyclic) bond motifs is 1. The highest BCUT2D eigenvalue weighted by atomic mass is 16.5. The normalized spacial score (nSPS) is 10.2. The first-order valence-corrected chi connectivity index (χ1v) is 7.45. The molecule has 22 heavy (non-hydrogen) atoms. The smallest absolute Gasteiger partial charge is 0.337 e. The molecule has 1 aromatic heterocycles. The summed E-state index contributed by atoms with van der Waals surface area (Å²) in [4.78, 5) is 17.2. The first kappa shape index (κ1) is 17.9. The summed E-state index contributed by atoms with van der Waals surface area (Å²) >= 11 is 0. The average Bonchev–Trinajstić information content (AvgIpc) is 2.55. The monoisotopic (exact) mass is 304 g/mol. The molecule has 5 heteroatoms. The van der Waals surface area contributed by atoms with Crippen LogP contribution in [0.25, 0.3) is 10.9 Å². The molecule has 1 N–H and O–H groups in total. The van der Waals surface area contributed by atoms with Crippen LogP contribution in [0, 0.1) is 0 Å². The summed E-state index contributed by atoms with van der Waals surface area (Å²) in [5.74, 6) is -0.336. The summed E-state index contributed by atoms with van der Waals surface area (Å²) < 4.78 is 5.12. The molecule has 1 heterocycles. The second-order valence-corrected chi connectivity index (χ2v) is 4.68. The fraction of sp³-hybridized carbons (Fsp3) is 0.412. The Kier molecular flexibility index (Phi) is 7.32. The van der Waals surface area contributed by atoms with E-state index in [1.54, 1.807) is 31.4 Å². The number of benzene rings is 1. The predicted octanol–water partition coefficient (Wildman–Crippen LogP) is 3.29. The molecule has 0 amide bonds. The van der Waals surface area contributed by atoms with E-state index in [9.17, 15) is 4.79 Å². The van der Waals surface area contributed by atoms with Gasteiger partial charge in [-0.2, -0.15) is 0 Å². The first-order valence-electron chi connectivity index (χ1n) is 7.45. The molecule has 0 spiro atoms. The molecule has 0 aliphatic rings. The minimum Gasteiger partial charge on any atom is -0.494 e. The number of carboxylic acid groups (broad SMARTS) is 1. The van der Waals surface area contributed by atoms with Gasteiger partial charge < -0.3 is 14.7 Å². The third-order valence-electron chi connectivity index (χ3n) is 3.48. The summed E-state index contributed by atoms with van der Waals surface area (Å²) in [6.45, 7) is 10.1. The van der Waals surface area contributed by atoms with E-state index in [4.69, 9.17) is 9.84 Å². The van der Waals surface area contributed by atoms with Crippen LogP contribution in [0.1, 0.15) is 31.1 Å². The van der Waals surface area contributed by atoms with Crippen molar-refractivity contribution in [2.45, 2.75) is 20.8 Å². The van der Waals surface area contributed by atoms with Crippen molar-refractivity contribution in [3.8, 4) is 5.75 Å². The Balaban J connectivity index is 0.000000295. The maximum absolute atomic E-state index is 10.7. The highest BCUT2D eigenvalue weighted by molar-refractivity contribution is 5.93. The lowest BCUT2D eigenvalue weighted by atomic mass is 10.1. The number of methoxy groups -OCH3 is 1. The number of para-hydroxylation sites is 1. The van der Waals surface area contributed by atoms with Crippen molar-refractivity contribution in [3.63, 3.8) is 0 Å². The maximum Gasteiger partial charge on any atom is 0.337 e. The van der Waals surface area contributed by atoms with Crippen LogP contribution in [0.4, 0.5) is 0 Å². The number of aromatic nitrogens is 1. The third kappa shape index (κ3) is 4.70. The van der Waals surface area contributed by atoms with Crippen LogP contribution in [0.3, 0.4) is 0 Å². The Morgan fingerprint density at radius 3 is 2.32 bits per heavy atom. The lowest BCUT2D eigenvalue weighted by Crippen LogP contribution is -2.21. The molecule has 120 valence electrons. The topological polar surface area (TPSA) is 62.7 Å². The van der Waals surface area contributed by atoms with Gasteiger partial charge in [0.2, 0.25) is 0 Å². The van der Waals surface area contributed by atoms with Crippen molar-refractivity contribution < 1.29 is 14.6 Å². The van der Waals surface area contributed by atoms with E-state index in [1.165, 1.54) is 25.8 Å². The number of hydrogen-bond acceptors (Lipinski definition) is 4. The predicted molar refractivity (Wildman–Crippen MR) is 88.7 cm³/mol. The van der Waals surface area contributed by atoms with Crippen molar-refractivity contribution in [1.29, 1.82) is 0 Å². The second-order valence-electron chi connectivity index (χ2n) is 4.68. The van der Waals surface area contributed by atoms with Crippen LogP contribution in [0.15, 0.2) is 30.5 Å². The number of nitrogens with zero attached hydrogens (tertiary/aromatic N) is 2. The number of pyridine rings is 1. The molecule has 1 aromatic carbocycles. The number of carboxylic acids is 1. The summed E-state index contributed by atoms with van der Waals surface area (Å²) in [7, 11) is 1.56. The Morgan fingerprint density at radius 2 is 1.86 bits per heavy atom. The van der Waals surface area contributed by atoms with Gasteiger partial charge in [-0.3, -0.25) is 4.98 Å². The van der Waals surface area contributed by atoms with Crippen LogP contribution in [0.5, 0.6) is 5.75 Å². The zero-order valence-electron chi connectivity index (χ0n) is 13.7. The van der Waals surface area contributed by atoms with Crippen LogP contribution < -0.4 is 4.74 Å². The highest BCUT2D eigenvalue weighted by Gasteiger charge is 2.07. The SMILES string of the molecule is CCN(CC)CC.COc1cccc2cc(C(=O)O)cnc12. The van der Waals surface area contributed by atoms with Crippen molar-refractivity contribution in [3.05, 3.63) is 36.0 Å².